The Hall–Kier alpha value is -2.32. The number of nitrogens with zero attached hydrogens (tertiary/aromatic N) is 4. The van der Waals surface area contributed by atoms with E-state index in [0.717, 1.165) is 5.69 Å². The number of sulfonamides is 1. The van der Waals surface area contributed by atoms with Crippen LogP contribution in [-0.4, -0.2) is 60.7 Å². The van der Waals surface area contributed by atoms with Gasteiger partial charge in [-0.1, -0.05) is 6.07 Å². The number of benzene rings is 1. The van der Waals surface area contributed by atoms with Crippen molar-refractivity contribution in [2.45, 2.75) is 23.7 Å². The maximum absolute atomic E-state index is 13.0. The lowest BCUT2D eigenvalue weighted by atomic mass is 9.94. The third-order valence-electron chi connectivity index (χ3n) is 4.60. The van der Waals surface area contributed by atoms with Crippen LogP contribution in [0.1, 0.15) is 34.8 Å². The van der Waals surface area contributed by atoms with Gasteiger partial charge in [-0.2, -0.15) is 4.31 Å². The Morgan fingerprint density at radius 3 is 2.54 bits per heavy atom. The minimum atomic E-state index is -3.62. The molecule has 0 atom stereocenters. The fourth-order valence-electron chi connectivity index (χ4n) is 3.13. The average Bonchev–Trinajstić information content (AvgIpc) is 2.68. The minimum absolute atomic E-state index is 0.158. The Labute approximate surface area is 153 Å². The van der Waals surface area contributed by atoms with Gasteiger partial charge >= 0.3 is 0 Å². The molecule has 0 spiro atoms. The van der Waals surface area contributed by atoms with E-state index in [9.17, 15) is 13.2 Å². The molecule has 2 heterocycles. The first-order valence-corrected chi connectivity index (χ1v) is 9.91. The molecule has 1 aromatic carbocycles. The smallest absolute Gasteiger partial charge is 0.253 e. The number of rotatable bonds is 4. The van der Waals surface area contributed by atoms with E-state index < -0.39 is 10.0 Å². The quantitative estimate of drug-likeness (QED) is 0.814. The van der Waals surface area contributed by atoms with Crippen molar-refractivity contribution >= 4 is 15.9 Å². The Balaban J connectivity index is 1.76. The summed E-state index contributed by atoms with van der Waals surface area (Å²) in [5.74, 6) is 0.0237. The third-order valence-corrected chi connectivity index (χ3v) is 6.50. The molecule has 0 unspecified atom stereocenters. The Kier molecular flexibility index (Phi) is 5.33. The van der Waals surface area contributed by atoms with Crippen LogP contribution in [0.15, 0.2) is 47.8 Å². The van der Waals surface area contributed by atoms with Gasteiger partial charge in [0.2, 0.25) is 10.0 Å². The molecule has 1 amide bonds. The molecule has 0 radical (unpaired) electrons. The molecule has 3 rings (SSSR count). The first-order valence-electron chi connectivity index (χ1n) is 8.47. The van der Waals surface area contributed by atoms with Gasteiger partial charge in [-0.3, -0.25) is 4.79 Å². The van der Waals surface area contributed by atoms with Gasteiger partial charge in [-0.15, -0.1) is 0 Å². The summed E-state index contributed by atoms with van der Waals surface area (Å²) in [6.07, 6.45) is 4.66. The predicted molar refractivity (Wildman–Crippen MR) is 97.2 cm³/mol. The summed E-state index contributed by atoms with van der Waals surface area (Å²) in [6, 6.07) is 8.11. The van der Waals surface area contributed by atoms with Crippen molar-refractivity contribution in [1.82, 2.24) is 19.2 Å². The first-order chi connectivity index (χ1) is 12.4. The molecule has 0 bridgehead atoms. The van der Waals surface area contributed by atoms with Gasteiger partial charge in [0.25, 0.3) is 5.91 Å². The van der Waals surface area contributed by atoms with Crippen molar-refractivity contribution in [1.29, 1.82) is 0 Å². The molecule has 1 aliphatic rings. The van der Waals surface area contributed by atoms with Crippen molar-refractivity contribution in [3.8, 4) is 0 Å². The molecule has 1 aliphatic heterocycles. The lowest BCUT2D eigenvalue weighted by Gasteiger charge is -2.31. The summed E-state index contributed by atoms with van der Waals surface area (Å²) in [5, 5.41) is 0. The number of carbonyl (C=O) groups is 1. The molecule has 1 fully saturated rings. The second kappa shape index (κ2) is 7.51. The molecule has 8 heteroatoms. The van der Waals surface area contributed by atoms with Crippen LogP contribution in [0.25, 0.3) is 0 Å². The Bertz CT molecular complexity index is 876. The van der Waals surface area contributed by atoms with E-state index in [1.165, 1.54) is 27.7 Å². The molecule has 1 saturated heterocycles. The lowest BCUT2D eigenvalue weighted by Crippen LogP contribution is -2.38. The number of amides is 1. The van der Waals surface area contributed by atoms with Crippen molar-refractivity contribution in [2.75, 3.05) is 27.2 Å². The van der Waals surface area contributed by atoms with Gasteiger partial charge in [-0.05, 0) is 37.1 Å². The van der Waals surface area contributed by atoms with E-state index in [4.69, 9.17) is 0 Å². The highest BCUT2D eigenvalue weighted by Gasteiger charge is 2.30. The molecule has 0 N–H and O–H groups in total. The highest BCUT2D eigenvalue weighted by atomic mass is 32.2. The van der Waals surface area contributed by atoms with Crippen LogP contribution in [0.3, 0.4) is 0 Å². The topological polar surface area (TPSA) is 83.5 Å². The standard InChI is InChI=1S/C18H22N4O3S/c1-21(2)18(23)15-4-3-5-16(12-15)26(24,25)22-10-7-14(8-11-22)17-6-9-19-13-20-17/h3-6,9,12-14H,7-8,10-11H2,1-2H3. The molecule has 0 aliphatic carbocycles. The van der Waals surface area contributed by atoms with Crippen molar-refractivity contribution < 1.29 is 13.2 Å². The summed E-state index contributed by atoms with van der Waals surface area (Å²) in [6.45, 7) is 0.867. The highest BCUT2D eigenvalue weighted by molar-refractivity contribution is 7.89. The predicted octanol–water partition coefficient (Wildman–Crippen LogP) is 1.75. The van der Waals surface area contributed by atoms with Crippen LogP contribution in [-0.2, 0) is 10.0 Å². The highest BCUT2D eigenvalue weighted by Crippen LogP contribution is 2.29. The fourth-order valence-corrected chi connectivity index (χ4v) is 4.65. The molecule has 7 nitrogen and oxygen atoms in total. The van der Waals surface area contributed by atoms with E-state index in [1.54, 1.807) is 32.4 Å². The zero-order valence-electron chi connectivity index (χ0n) is 14.9. The van der Waals surface area contributed by atoms with Crippen LogP contribution in [0, 0.1) is 0 Å². The summed E-state index contributed by atoms with van der Waals surface area (Å²) in [5.41, 5.74) is 1.32. The number of carbonyl (C=O) groups excluding carboxylic acids is 1. The van der Waals surface area contributed by atoms with Gasteiger partial charge in [-0.25, -0.2) is 18.4 Å². The zero-order valence-corrected chi connectivity index (χ0v) is 15.7. The number of hydrogen-bond donors (Lipinski definition) is 0. The van der Waals surface area contributed by atoms with E-state index in [-0.39, 0.29) is 16.7 Å². The van der Waals surface area contributed by atoms with Crippen LogP contribution < -0.4 is 0 Å². The van der Waals surface area contributed by atoms with Gasteiger partial charge in [0.1, 0.15) is 6.33 Å². The van der Waals surface area contributed by atoms with Gasteiger partial charge in [0, 0.05) is 50.6 Å². The van der Waals surface area contributed by atoms with Crippen LogP contribution >= 0.6 is 0 Å². The molecule has 0 saturated carbocycles. The van der Waals surface area contributed by atoms with Crippen molar-refractivity contribution in [3.63, 3.8) is 0 Å². The van der Waals surface area contributed by atoms with E-state index in [0.29, 0.717) is 31.5 Å². The second-order valence-corrected chi connectivity index (χ2v) is 8.48. The van der Waals surface area contributed by atoms with E-state index >= 15 is 0 Å². The number of aromatic nitrogens is 2. The lowest BCUT2D eigenvalue weighted by molar-refractivity contribution is 0.0827. The number of piperidine rings is 1. The summed E-state index contributed by atoms with van der Waals surface area (Å²) < 4.78 is 27.4. The monoisotopic (exact) mass is 374 g/mol. The second-order valence-electron chi connectivity index (χ2n) is 6.54. The summed E-state index contributed by atoms with van der Waals surface area (Å²) in [4.78, 5) is 21.9. The van der Waals surface area contributed by atoms with Crippen molar-refractivity contribution in [3.05, 3.63) is 54.1 Å². The van der Waals surface area contributed by atoms with Crippen LogP contribution in [0.4, 0.5) is 0 Å². The first kappa shape index (κ1) is 18.5. The average molecular weight is 374 g/mol. The van der Waals surface area contributed by atoms with E-state index in [2.05, 4.69) is 9.97 Å². The van der Waals surface area contributed by atoms with Crippen LogP contribution in [0.5, 0.6) is 0 Å². The largest absolute Gasteiger partial charge is 0.345 e. The minimum Gasteiger partial charge on any atom is -0.345 e. The van der Waals surface area contributed by atoms with Gasteiger partial charge in [0.15, 0.2) is 0 Å². The summed E-state index contributed by atoms with van der Waals surface area (Å²) >= 11 is 0. The molecule has 2 aromatic rings. The summed E-state index contributed by atoms with van der Waals surface area (Å²) in [7, 11) is -0.339. The normalized spacial score (nSPS) is 16.4. The maximum atomic E-state index is 13.0. The van der Waals surface area contributed by atoms with E-state index in [1.807, 2.05) is 6.07 Å². The molecule has 26 heavy (non-hydrogen) atoms. The number of hydrogen-bond acceptors (Lipinski definition) is 5. The third kappa shape index (κ3) is 3.76. The van der Waals surface area contributed by atoms with Gasteiger partial charge in [0.05, 0.1) is 4.90 Å². The van der Waals surface area contributed by atoms with Gasteiger partial charge < -0.3 is 4.90 Å². The fraction of sp³-hybridized carbons (Fsp3) is 0.389. The Morgan fingerprint density at radius 2 is 1.92 bits per heavy atom. The molecular weight excluding hydrogens is 352 g/mol. The molecular formula is C18H22N4O3S. The maximum Gasteiger partial charge on any atom is 0.253 e. The molecule has 138 valence electrons. The van der Waals surface area contributed by atoms with Crippen LogP contribution in [0.2, 0.25) is 0 Å². The molecule has 1 aromatic heterocycles. The SMILES string of the molecule is CN(C)C(=O)c1cccc(S(=O)(=O)N2CCC(c3ccncn3)CC2)c1. The van der Waals surface area contributed by atoms with Crippen molar-refractivity contribution in [2.24, 2.45) is 0 Å². The zero-order chi connectivity index (χ0) is 18.7. The Morgan fingerprint density at radius 1 is 1.19 bits per heavy atom.